The average Bonchev–Trinajstić information content (AvgIpc) is 2.45. The van der Waals surface area contributed by atoms with E-state index in [-0.39, 0.29) is 17.5 Å². The van der Waals surface area contributed by atoms with E-state index in [1.807, 2.05) is 0 Å². The Morgan fingerprint density at radius 1 is 1.29 bits per heavy atom. The highest BCUT2D eigenvalue weighted by atomic mass is 19.1. The minimum atomic E-state index is -0.473. The molecule has 0 aliphatic rings. The third kappa shape index (κ3) is 3.76. The van der Waals surface area contributed by atoms with Gasteiger partial charge in [-0.3, -0.25) is 10.1 Å². The highest BCUT2D eigenvalue weighted by molar-refractivity contribution is 5.33. The maximum Gasteiger partial charge on any atom is 0.269 e. The van der Waals surface area contributed by atoms with Crippen molar-refractivity contribution in [2.75, 3.05) is 0 Å². The third-order valence-electron chi connectivity index (χ3n) is 3.21. The molecule has 5 nitrogen and oxygen atoms in total. The van der Waals surface area contributed by atoms with Crippen molar-refractivity contribution in [1.29, 1.82) is 0 Å². The highest BCUT2D eigenvalue weighted by Crippen LogP contribution is 2.21. The van der Waals surface area contributed by atoms with Gasteiger partial charge < -0.3 is 10.4 Å². The fourth-order valence-electron chi connectivity index (χ4n) is 1.98. The molecule has 0 aliphatic heterocycles. The van der Waals surface area contributed by atoms with Gasteiger partial charge in [-0.2, -0.15) is 0 Å². The molecule has 0 amide bonds. The van der Waals surface area contributed by atoms with Gasteiger partial charge in [0.1, 0.15) is 11.6 Å². The van der Waals surface area contributed by atoms with Crippen LogP contribution in [0.5, 0.6) is 5.75 Å². The summed E-state index contributed by atoms with van der Waals surface area (Å²) in [5, 5.41) is 22.9. The van der Waals surface area contributed by atoms with Crippen molar-refractivity contribution >= 4 is 5.69 Å². The summed E-state index contributed by atoms with van der Waals surface area (Å²) in [6.45, 7) is 2.26. The second-order valence-corrected chi connectivity index (χ2v) is 4.73. The highest BCUT2D eigenvalue weighted by Gasteiger charge is 2.11. The van der Waals surface area contributed by atoms with Gasteiger partial charge in [0.15, 0.2) is 0 Å². The number of halogens is 1. The molecule has 21 heavy (non-hydrogen) atoms. The van der Waals surface area contributed by atoms with Crippen LogP contribution in [0.3, 0.4) is 0 Å². The SMILES string of the molecule is CC(NCc1ccc([N+](=O)[O-])cc1)c1ccc(O)cc1F. The number of rotatable bonds is 5. The summed E-state index contributed by atoms with van der Waals surface area (Å²) in [4.78, 5) is 10.1. The number of nitro benzene ring substituents is 1. The van der Waals surface area contributed by atoms with Crippen molar-refractivity contribution in [3.8, 4) is 5.75 Å². The summed E-state index contributed by atoms with van der Waals surface area (Å²) in [6, 6.07) is 9.96. The molecule has 6 heteroatoms. The Morgan fingerprint density at radius 3 is 2.52 bits per heavy atom. The summed E-state index contributed by atoms with van der Waals surface area (Å²) < 4.78 is 13.7. The Balaban J connectivity index is 2.00. The van der Waals surface area contributed by atoms with E-state index in [0.717, 1.165) is 11.6 Å². The predicted octanol–water partition coefficient (Wildman–Crippen LogP) is 3.29. The van der Waals surface area contributed by atoms with E-state index in [0.29, 0.717) is 12.1 Å². The van der Waals surface area contributed by atoms with Crippen molar-refractivity contribution in [2.24, 2.45) is 0 Å². The van der Waals surface area contributed by atoms with Gasteiger partial charge in [-0.15, -0.1) is 0 Å². The van der Waals surface area contributed by atoms with Crippen molar-refractivity contribution in [2.45, 2.75) is 19.5 Å². The molecule has 2 aromatic carbocycles. The molecule has 0 fully saturated rings. The lowest BCUT2D eigenvalue weighted by molar-refractivity contribution is -0.384. The van der Waals surface area contributed by atoms with Crippen LogP contribution < -0.4 is 5.32 Å². The van der Waals surface area contributed by atoms with Gasteiger partial charge in [0, 0.05) is 36.3 Å². The molecule has 0 bridgehead atoms. The molecule has 0 spiro atoms. The molecule has 2 N–H and O–H groups in total. The molecule has 0 saturated heterocycles. The zero-order valence-electron chi connectivity index (χ0n) is 11.4. The van der Waals surface area contributed by atoms with E-state index in [4.69, 9.17) is 0 Å². The first-order chi connectivity index (χ1) is 9.97. The summed E-state index contributed by atoms with van der Waals surface area (Å²) in [7, 11) is 0. The maximum atomic E-state index is 13.7. The van der Waals surface area contributed by atoms with Crippen LogP contribution in [0.25, 0.3) is 0 Å². The Kier molecular flexibility index (Phi) is 4.49. The first-order valence-electron chi connectivity index (χ1n) is 6.42. The van der Waals surface area contributed by atoms with Crippen LogP contribution in [0.15, 0.2) is 42.5 Å². The van der Waals surface area contributed by atoms with E-state index in [1.54, 1.807) is 19.1 Å². The number of phenols is 1. The van der Waals surface area contributed by atoms with Crippen molar-refractivity contribution in [3.05, 3.63) is 69.5 Å². The quantitative estimate of drug-likeness (QED) is 0.654. The Hall–Kier alpha value is -2.47. The number of nitrogens with zero attached hydrogens (tertiary/aromatic N) is 1. The van der Waals surface area contributed by atoms with Gasteiger partial charge in [0.25, 0.3) is 5.69 Å². The fraction of sp³-hybridized carbons (Fsp3) is 0.200. The molecule has 0 aliphatic carbocycles. The van der Waals surface area contributed by atoms with E-state index in [9.17, 15) is 19.6 Å². The number of nitro groups is 1. The Morgan fingerprint density at radius 2 is 1.95 bits per heavy atom. The van der Waals surface area contributed by atoms with Crippen LogP contribution in [0.2, 0.25) is 0 Å². The number of nitrogens with one attached hydrogen (secondary N) is 1. The van der Waals surface area contributed by atoms with Gasteiger partial charge in [0.2, 0.25) is 0 Å². The first kappa shape index (κ1) is 14.9. The average molecular weight is 290 g/mol. The lowest BCUT2D eigenvalue weighted by atomic mass is 10.1. The topological polar surface area (TPSA) is 75.4 Å². The zero-order valence-corrected chi connectivity index (χ0v) is 11.4. The second kappa shape index (κ2) is 6.32. The van der Waals surface area contributed by atoms with Crippen LogP contribution in [0.1, 0.15) is 24.1 Å². The molecule has 0 radical (unpaired) electrons. The van der Waals surface area contributed by atoms with Crippen LogP contribution in [-0.4, -0.2) is 10.0 Å². The number of phenolic OH excluding ortho intramolecular Hbond substituents is 1. The smallest absolute Gasteiger partial charge is 0.269 e. The van der Waals surface area contributed by atoms with Gasteiger partial charge in [0.05, 0.1) is 4.92 Å². The molecule has 1 unspecified atom stereocenters. The van der Waals surface area contributed by atoms with Crippen LogP contribution in [0, 0.1) is 15.9 Å². The number of non-ortho nitro benzene ring substituents is 1. The largest absolute Gasteiger partial charge is 0.508 e. The van der Waals surface area contributed by atoms with Gasteiger partial charge in [-0.05, 0) is 18.6 Å². The third-order valence-corrected chi connectivity index (χ3v) is 3.21. The number of benzene rings is 2. The van der Waals surface area contributed by atoms with Crippen molar-refractivity contribution in [1.82, 2.24) is 5.32 Å². The predicted molar refractivity (Wildman–Crippen MR) is 76.4 cm³/mol. The van der Waals surface area contributed by atoms with Crippen LogP contribution in [-0.2, 0) is 6.54 Å². The molecule has 0 aromatic heterocycles. The van der Waals surface area contributed by atoms with E-state index in [1.165, 1.54) is 24.3 Å². The molecular formula is C15H15FN2O3. The standard InChI is InChI=1S/C15H15FN2O3/c1-10(14-7-6-13(19)8-15(14)16)17-9-11-2-4-12(5-3-11)18(20)21/h2-8,10,17,19H,9H2,1H3. The van der Waals surface area contributed by atoms with Crippen LogP contribution >= 0.6 is 0 Å². The number of hydrogen-bond acceptors (Lipinski definition) is 4. The van der Waals surface area contributed by atoms with E-state index < -0.39 is 10.7 Å². The summed E-state index contributed by atoms with van der Waals surface area (Å²) >= 11 is 0. The first-order valence-corrected chi connectivity index (χ1v) is 6.42. The summed E-state index contributed by atoms with van der Waals surface area (Å²) in [5.74, 6) is -0.586. The fourth-order valence-corrected chi connectivity index (χ4v) is 1.98. The normalized spacial score (nSPS) is 12.1. The molecular weight excluding hydrogens is 275 g/mol. The lowest BCUT2D eigenvalue weighted by Crippen LogP contribution is -2.19. The summed E-state index contributed by atoms with van der Waals surface area (Å²) in [5.41, 5.74) is 1.36. The van der Waals surface area contributed by atoms with Crippen molar-refractivity contribution in [3.63, 3.8) is 0 Å². The second-order valence-electron chi connectivity index (χ2n) is 4.73. The van der Waals surface area contributed by atoms with Crippen molar-refractivity contribution < 1.29 is 14.4 Å². The Labute approximate surface area is 121 Å². The Bertz CT molecular complexity index is 644. The summed E-state index contributed by atoms with van der Waals surface area (Å²) in [6.07, 6.45) is 0. The zero-order chi connectivity index (χ0) is 15.4. The van der Waals surface area contributed by atoms with Crippen LogP contribution in [0.4, 0.5) is 10.1 Å². The molecule has 2 rings (SSSR count). The number of hydrogen-bond donors (Lipinski definition) is 2. The minimum Gasteiger partial charge on any atom is -0.508 e. The van der Waals surface area contributed by atoms with E-state index >= 15 is 0 Å². The van der Waals surface area contributed by atoms with E-state index in [2.05, 4.69) is 5.32 Å². The van der Waals surface area contributed by atoms with Gasteiger partial charge >= 0.3 is 0 Å². The monoisotopic (exact) mass is 290 g/mol. The molecule has 110 valence electrons. The molecule has 2 aromatic rings. The van der Waals surface area contributed by atoms with Gasteiger partial charge in [-0.1, -0.05) is 18.2 Å². The van der Waals surface area contributed by atoms with Gasteiger partial charge in [-0.25, -0.2) is 4.39 Å². The molecule has 1 atom stereocenters. The lowest BCUT2D eigenvalue weighted by Gasteiger charge is -2.15. The maximum absolute atomic E-state index is 13.7. The minimum absolute atomic E-state index is 0.0383. The molecule has 0 heterocycles. The number of aromatic hydroxyl groups is 1. The molecule has 0 saturated carbocycles.